The number of benzene rings is 1. The van der Waals surface area contributed by atoms with E-state index in [1.165, 1.54) is 5.56 Å². The maximum Gasteiger partial charge on any atom is 0.0704 e. The zero-order valence-electron chi connectivity index (χ0n) is 12.8. The minimum absolute atomic E-state index is 0.0531. The predicted molar refractivity (Wildman–Crippen MR) is 81.8 cm³/mol. The van der Waals surface area contributed by atoms with Gasteiger partial charge in [-0.2, -0.15) is 0 Å². The van der Waals surface area contributed by atoms with Crippen LogP contribution in [0.2, 0.25) is 0 Å². The number of aliphatic hydroxyl groups is 1. The van der Waals surface area contributed by atoms with Crippen LogP contribution in [0.1, 0.15) is 39.2 Å². The first-order chi connectivity index (χ1) is 9.42. The summed E-state index contributed by atoms with van der Waals surface area (Å²) in [6.45, 7) is 6.94. The Morgan fingerprint density at radius 3 is 2.50 bits per heavy atom. The summed E-state index contributed by atoms with van der Waals surface area (Å²) >= 11 is 0. The van der Waals surface area contributed by atoms with E-state index >= 15 is 0 Å². The molecule has 1 aliphatic carbocycles. The Kier molecular flexibility index (Phi) is 5.19. The van der Waals surface area contributed by atoms with Crippen LogP contribution in [-0.2, 0) is 11.2 Å². The summed E-state index contributed by atoms with van der Waals surface area (Å²) < 4.78 is 5.90. The molecule has 1 aliphatic rings. The Labute approximate surface area is 122 Å². The molecule has 0 radical (unpaired) electrons. The number of nitrogens with one attached hydrogen (secondary N) is 1. The lowest BCUT2D eigenvalue weighted by molar-refractivity contribution is -0.103. The van der Waals surface area contributed by atoms with E-state index in [4.69, 9.17) is 4.74 Å². The van der Waals surface area contributed by atoms with Crippen LogP contribution in [0.3, 0.4) is 0 Å². The Hall–Kier alpha value is -0.900. The SMILES string of the molecule is CC(C)(C)OC1CC(NCC(O)Cc2ccccc2)C1. The lowest BCUT2D eigenvalue weighted by Gasteiger charge is -2.40. The summed E-state index contributed by atoms with van der Waals surface area (Å²) in [6, 6.07) is 10.6. The van der Waals surface area contributed by atoms with Gasteiger partial charge in [0.25, 0.3) is 0 Å². The molecule has 20 heavy (non-hydrogen) atoms. The third-order valence-electron chi connectivity index (χ3n) is 3.57. The summed E-state index contributed by atoms with van der Waals surface area (Å²) in [4.78, 5) is 0. The van der Waals surface area contributed by atoms with E-state index in [1.54, 1.807) is 0 Å². The molecule has 0 saturated heterocycles. The fraction of sp³-hybridized carbons (Fsp3) is 0.647. The van der Waals surface area contributed by atoms with Gasteiger partial charge in [-0.05, 0) is 45.6 Å². The zero-order valence-corrected chi connectivity index (χ0v) is 12.8. The molecule has 2 N–H and O–H groups in total. The fourth-order valence-corrected chi connectivity index (χ4v) is 2.59. The second kappa shape index (κ2) is 6.70. The van der Waals surface area contributed by atoms with Crippen LogP contribution in [0.4, 0.5) is 0 Å². The van der Waals surface area contributed by atoms with Crippen molar-refractivity contribution in [3.05, 3.63) is 35.9 Å². The van der Waals surface area contributed by atoms with Gasteiger partial charge in [-0.1, -0.05) is 30.3 Å². The van der Waals surface area contributed by atoms with E-state index in [2.05, 4.69) is 38.2 Å². The van der Waals surface area contributed by atoms with Crippen LogP contribution >= 0.6 is 0 Å². The van der Waals surface area contributed by atoms with Crippen molar-refractivity contribution < 1.29 is 9.84 Å². The molecule has 1 atom stereocenters. The van der Waals surface area contributed by atoms with Crippen LogP contribution in [0.15, 0.2) is 30.3 Å². The third kappa shape index (κ3) is 5.23. The van der Waals surface area contributed by atoms with Crippen molar-refractivity contribution in [3.63, 3.8) is 0 Å². The number of rotatable bonds is 6. The monoisotopic (exact) mass is 277 g/mol. The molecular formula is C17H27NO2. The standard InChI is InChI=1S/C17H27NO2/c1-17(2,3)20-16-10-14(11-16)18-12-15(19)9-13-7-5-4-6-8-13/h4-8,14-16,18-19H,9-12H2,1-3H3. The van der Waals surface area contributed by atoms with Gasteiger partial charge < -0.3 is 15.2 Å². The van der Waals surface area contributed by atoms with E-state index in [1.807, 2.05) is 18.2 Å². The molecule has 0 aliphatic heterocycles. The third-order valence-corrected chi connectivity index (χ3v) is 3.57. The summed E-state index contributed by atoms with van der Waals surface area (Å²) in [5.74, 6) is 0. The fourth-order valence-electron chi connectivity index (χ4n) is 2.59. The molecule has 0 aromatic heterocycles. The minimum Gasteiger partial charge on any atom is -0.391 e. The first kappa shape index (κ1) is 15.5. The lowest BCUT2D eigenvalue weighted by Crippen LogP contribution is -2.49. The Morgan fingerprint density at radius 2 is 1.90 bits per heavy atom. The van der Waals surface area contributed by atoms with Crippen molar-refractivity contribution in [1.29, 1.82) is 0 Å². The molecule has 1 fully saturated rings. The number of ether oxygens (including phenoxy) is 1. The largest absolute Gasteiger partial charge is 0.391 e. The predicted octanol–water partition coefficient (Wildman–Crippen LogP) is 2.53. The maximum atomic E-state index is 10.0. The number of aliphatic hydroxyl groups excluding tert-OH is 1. The van der Waals surface area contributed by atoms with Crippen molar-refractivity contribution in [1.82, 2.24) is 5.32 Å². The van der Waals surface area contributed by atoms with Crippen LogP contribution in [0, 0.1) is 0 Å². The van der Waals surface area contributed by atoms with Gasteiger partial charge in [-0.25, -0.2) is 0 Å². The molecule has 0 amide bonds. The lowest BCUT2D eigenvalue weighted by atomic mass is 9.88. The van der Waals surface area contributed by atoms with Crippen molar-refractivity contribution in [3.8, 4) is 0 Å². The summed E-state index contributed by atoms with van der Waals surface area (Å²) in [7, 11) is 0. The molecule has 1 unspecified atom stereocenters. The topological polar surface area (TPSA) is 41.5 Å². The quantitative estimate of drug-likeness (QED) is 0.839. The molecule has 3 heteroatoms. The van der Waals surface area contributed by atoms with E-state index in [0.717, 1.165) is 12.8 Å². The zero-order chi connectivity index (χ0) is 14.6. The van der Waals surface area contributed by atoms with Crippen LogP contribution in [-0.4, -0.2) is 35.5 Å². The Bertz CT molecular complexity index is 393. The van der Waals surface area contributed by atoms with Gasteiger partial charge in [0.2, 0.25) is 0 Å². The average molecular weight is 277 g/mol. The molecule has 112 valence electrons. The summed E-state index contributed by atoms with van der Waals surface area (Å²) in [5, 5.41) is 13.5. The average Bonchev–Trinajstić information content (AvgIpc) is 2.32. The second-order valence-corrected chi connectivity index (χ2v) is 6.77. The van der Waals surface area contributed by atoms with Gasteiger partial charge >= 0.3 is 0 Å². The van der Waals surface area contributed by atoms with Gasteiger partial charge in [0.15, 0.2) is 0 Å². The molecular weight excluding hydrogens is 250 g/mol. The highest BCUT2D eigenvalue weighted by atomic mass is 16.5. The first-order valence-corrected chi connectivity index (χ1v) is 7.55. The molecule has 0 bridgehead atoms. The van der Waals surface area contributed by atoms with Crippen LogP contribution in [0.5, 0.6) is 0 Å². The highest BCUT2D eigenvalue weighted by Crippen LogP contribution is 2.27. The van der Waals surface area contributed by atoms with E-state index < -0.39 is 0 Å². The molecule has 0 heterocycles. The highest BCUT2D eigenvalue weighted by Gasteiger charge is 2.32. The minimum atomic E-state index is -0.319. The van der Waals surface area contributed by atoms with Gasteiger partial charge in [-0.15, -0.1) is 0 Å². The Balaban J connectivity index is 1.60. The van der Waals surface area contributed by atoms with Crippen molar-refractivity contribution in [2.45, 2.75) is 63.9 Å². The molecule has 1 aromatic carbocycles. The highest BCUT2D eigenvalue weighted by molar-refractivity contribution is 5.15. The van der Waals surface area contributed by atoms with Gasteiger partial charge in [0.05, 0.1) is 17.8 Å². The summed E-state index contributed by atoms with van der Waals surface area (Å²) in [5.41, 5.74) is 1.13. The molecule has 0 spiro atoms. The van der Waals surface area contributed by atoms with Crippen LogP contribution < -0.4 is 5.32 Å². The van der Waals surface area contributed by atoms with Crippen molar-refractivity contribution in [2.24, 2.45) is 0 Å². The maximum absolute atomic E-state index is 10.0. The van der Waals surface area contributed by atoms with E-state index in [-0.39, 0.29) is 11.7 Å². The molecule has 1 aromatic rings. The number of hydrogen-bond acceptors (Lipinski definition) is 3. The van der Waals surface area contributed by atoms with E-state index in [0.29, 0.717) is 25.1 Å². The van der Waals surface area contributed by atoms with E-state index in [9.17, 15) is 5.11 Å². The van der Waals surface area contributed by atoms with Gasteiger partial charge in [-0.3, -0.25) is 0 Å². The first-order valence-electron chi connectivity index (χ1n) is 7.55. The molecule has 2 rings (SSSR count). The van der Waals surface area contributed by atoms with Crippen molar-refractivity contribution in [2.75, 3.05) is 6.54 Å². The summed E-state index contributed by atoms with van der Waals surface area (Å²) in [6.07, 6.45) is 2.87. The second-order valence-electron chi connectivity index (χ2n) is 6.77. The molecule has 1 saturated carbocycles. The van der Waals surface area contributed by atoms with Gasteiger partial charge in [0, 0.05) is 12.6 Å². The normalized spacial score (nSPS) is 24.2. The number of hydrogen-bond donors (Lipinski definition) is 2. The van der Waals surface area contributed by atoms with Gasteiger partial charge in [0.1, 0.15) is 0 Å². The van der Waals surface area contributed by atoms with Crippen LogP contribution in [0.25, 0.3) is 0 Å². The molecule has 3 nitrogen and oxygen atoms in total. The Morgan fingerprint density at radius 1 is 1.25 bits per heavy atom. The van der Waals surface area contributed by atoms with Crippen molar-refractivity contribution >= 4 is 0 Å². The smallest absolute Gasteiger partial charge is 0.0704 e.